The number of hydrogen-bond donors (Lipinski definition) is 1. The second kappa shape index (κ2) is 4.39. The molecule has 16 heavy (non-hydrogen) atoms. The van der Waals surface area contributed by atoms with Crippen LogP contribution in [0.4, 0.5) is 5.82 Å². The summed E-state index contributed by atoms with van der Waals surface area (Å²) < 4.78 is 5.46. The highest BCUT2D eigenvalue weighted by atomic mass is 16.5. The Morgan fingerprint density at radius 1 is 1.25 bits per heavy atom. The minimum absolute atomic E-state index is 0.624. The summed E-state index contributed by atoms with van der Waals surface area (Å²) >= 11 is 0. The van der Waals surface area contributed by atoms with Gasteiger partial charge in [-0.3, -0.25) is 0 Å². The summed E-state index contributed by atoms with van der Waals surface area (Å²) in [4.78, 5) is 4.37. The van der Waals surface area contributed by atoms with Gasteiger partial charge in [-0.15, -0.1) is 0 Å². The van der Waals surface area contributed by atoms with Gasteiger partial charge in [0.05, 0.1) is 12.1 Å². The lowest BCUT2D eigenvalue weighted by Gasteiger charge is -2.07. The minimum atomic E-state index is 0.624. The number of hydrogen-bond acceptors (Lipinski definition) is 3. The number of pyridine rings is 1. The molecule has 0 spiro atoms. The molecule has 1 aromatic carbocycles. The average molecular weight is 216 g/mol. The number of nitrogens with zero attached hydrogens (tertiary/aromatic N) is 1. The lowest BCUT2D eigenvalue weighted by Crippen LogP contribution is -1.97. The second-order valence-corrected chi connectivity index (χ2v) is 3.67. The van der Waals surface area contributed by atoms with E-state index in [1.54, 1.807) is 0 Å². The van der Waals surface area contributed by atoms with Crippen molar-refractivity contribution in [1.29, 1.82) is 0 Å². The van der Waals surface area contributed by atoms with E-state index in [0.717, 1.165) is 28.6 Å². The van der Waals surface area contributed by atoms with Gasteiger partial charge >= 0.3 is 0 Å². The molecule has 0 amide bonds. The van der Waals surface area contributed by atoms with Crippen LogP contribution in [-0.2, 0) is 6.42 Å². The number of anilines is 1. The molecule has 0 fully saturated rings. The van der Waals surface area contributed by atoms with Crippen LogP contribution in [-0.4, -0.2) is 11.6 Å². The first-order valence-corrected chi connectivity index (χ1v) is 5.56. The van der Waals surface area contributed by atoms with Crippen molar-refractivity contribution in [3.63, 3.8) is 0 Å². The van der Waals surface area contributed by atoms with E-state index in [1.165, 1.54) is 0 Å². The number of benzene rings is 1. The third kappa shape index (κ3) is 1.94. The maximum atomic E-state index is 5.85. The summed E-state index contributed by atoms with van der Waals surface area (Å²) in [5, 5.41) is 1.08. The molecule has 0 atom stereocenters. The van der Waals surface area contributed by atoms with E-state index in [-0.39, 0.29) is 0 Å². The summed E-state index contributed by atoms with van der Waals surface area (Å²) in [7, 11) is 0. The van der Waals surface area contributed by atoms with Crippen LogP contribution in [0.15, 0.2) is 24.3 Å². The van der Waals surface area contributed by atoms with Gasteiger partial charge in [0, 0.05) is 5.39 Å². The Hall–Kier alpha value is -1.77. The molecule has 2 N–H and O–H groups in total. The van der Waals surface area contributed by atoms with Gasteiger partial charge in [-0.05, 0) is 43.2 Å². The molecule has 0 aliphatic heterocycles. The molecule has 3 nitrogen and oxygen atoms in total. The smallest absolute Gasteiger partial charge is 0.127 e. The van der Waals surface area contributed by atoms with E-state index >= 15 is 0 Å². The quantitative estimate of drug-likeness (QED) is 0.858. The molecule has 3 heteroatoms. The highest BCUT2D eigenvalue weighted by molar-refractivity contribution is 5.82. The number of ether oxygens (including phenoxy) is 1. The number of nitrogens with two attached hydrogens (primary N) is 1. The van der Waals surface area contributed by atoms with Crippen molar-refractivity contribution in [3.05, 3.63) is 29.8 Å². The molecular weight excluding hydrogens is 200 g/mol. The van der Waals surface area contributed by atoms with Gasteiger partial charge in [-0.1, -0.05) is 6.92 Å². The molecule has 2 aromatic rings. The first kappa shape index (κ1) is 10.7. The fourth-order valence-corrected chi connectivity index (χ4v) is 1.75. The van der Waals surface area contributed by atoms with Gasteiger partial charge in [0.25, 0.3) is 0 Å². The van der Waals surface area contributed by atoms with Crippen molar-refractivity contribution in [2.24, 2.45) is 0 Å². The largest absolute Gasteiger partial charge is 0.494 e. The molecule has 0 radical (unpaired) electrons. The average Bonchev–Trinajstić information content (AvgIpc) is 2.29. The first-order chi connectivity index (χ1) is 7.74. The standard InChI is InChI=1S/C13H16N2O/c1-3-9-7-10-8-11(16-4-2)5-6-12(10)15-13(9)14/h5-8H,3-4H2,1-2H3,(H2,14,15). The Bertz CT molecular complexity index is 509. The van der Waals surface area contributed by atoms with Gasteiger partial charge in [0.1, 0.15) is 11.6 Å². The molecule has 1 aromatic heterocycles. The minimum Gasteiger partial charge on any atom is -0.494 e. The molecule has 0 bridgehead atoms. The lowest BCUT2D eigenvalue weighted by molar-refractivity contribution is 0.340. The van der Waals surface area contributed by atoms with Gasteiger partial charge < -0.3 is 10.5 Å². The van der Waals surface area contributed by atoms with Crippen LogP contribution >= 0.6 is 0 Å². The second-order valence-electron chi connectivity index (χ2n) is 3.67. The molecular formula is C13H16N2O. The van der Waals surface area contributed by atoms with Crippen molar-refractivity contribution in [3.8, 4) is 5.75 Å². The SMILES string of the molecule is CCOc1ccc2nc(N)c(CC)cc2c1. The molecule has 0 aliphatic rings. The van der Waals surface area contributed by atoms with Crippen LogP contribution in [0.3, 0.4) is 0 Å². The van der Waals surface area contributed by atoms with Gasteiger partial charge in [0.2, 0.25) is 0 Å². The molecule has 0 saturated heterocycles. The Balaban J connectivity index is 2.54. The summed E-state index contributed by atoms with van der Waals surface area (Å²) in [6, 6.07) is 7.95. The van der Waals surface area contributed by atoms with Gasteiger partial charge in [0.15, 0.2) is 0 Å². The van der Waals surface area contributed by atoms with E-state index in [2.05, 4.69) is 18.0 Å². The summed E-state index contributed by atoms with van der Waals surface area (Å²) in [6.07, 6.45) is 0.896. The summed E-state index contributed by atoms with van der Waals surface area (Å²) in [5.74, 6) is 1.50. The predicted octanol–water partition coefficient (Wildman–Crippen LogP) is 2.78. The zero-order valence-corrected chi connectivity index (χ0v) is 9.66. The van der Waals surface area contributed by atoms with Crippen LogP contribution in [0, 0.1) is 0 Å². The molecule has 84 valence electrons. The van der Waals surface area contributed by atoms with Gasteiger partial charge in [-0.25, -0.2) is 4.98 Å². The van der Waals surface area contributed by atoms with Crippen LogP contribution < -0.4 is 10.5 Å². The molecule has 2 rings (SSSR count). The predicted molar refractivity (Wildman–Crippen MR) is 66.7 cm³/mol. The Morgan fingerprint density at radius 2 is 2.06 bits per heavy atom. The van der Waals surface area contributed by atoms with Crippen LogP contribution in [0.25, 0.3) is 10.9 Å². The maximum Gasteiger partial charge on any atom is 0.127 e. The number of aromatic nitrogens is 1. The summed E-state index contributed by atoms with van der Waals surface area (Å²) in [5.41, 5.74) is 7.85. The number of nitrogen functional groups attached to an aromatic ring is 1. The van der Waals surface area contributed by atoms with Crippen LogP contribution in [0.1, 0.15) is 19.4 Å². The van der Waals surface area contributed by atoms with E-state index in [4.69, 9.17) is 10.5 Å². The fraction of sp³-hybridized carbons (Fsp3) is 0.308. The zero-order chi connectivity index (χ0) is 11.5. The Morgan fingerprint density at radius 3 is 2.75 bits per heavy atom. The van der Waals surface area contributed by atoms with E-state index in [9.17, 15) is 0 Å². The van der Waals surface area contributed by atoms with E-state index in [0.29, 0.717) is 12.4 Å². The maximum absolute atomic E-state index is 5.85. The van der Waals surface area contributed by atoms with Crippen molar-refractivity contribution in [2.45, 2.75) is 20.3 Å². The monoisotopic (exact) mass is 216 g/mol. The lowest BCUT2D eigenvalue weighted by atomic mass is 10.1. The Kier molecular flexibility index (Phi) is 2.95. The highest BCUT2D eigenvalue weighted by Crippen LogP contribution is 2.23. The fourth-order valence-electron chi connectivity index (χ4n) is 1.75. The zero-order valence-electron chi connectivity index (χ0n) is 9.66. The van der Waals surface area contributed by atoms with Gasteiger partial charge in [-0.2, -0.15) is 0 Å². The Labute approximate surface area is 95.2 Å². The number of rotatable bonds is 3. The summed E-state index contributed by atoms with van der Waals surface area (Å²) in [6.45, 7) is 4.73. The van der Waals surface area contributed by atoms with E-state index < -0.39 is 0 Å². The normalized spacial score (nSPS) is 10.6. The van der Waals surface area contributed by atoms with Crippen molar-refractivity contribution < 1.29 is 4.74 Å². The van der Waals surface area contributed by atoms with Crippen LogP contribution in [0.5, 0.6) is 5.75 Å². The van der Waals surface area contributed by atoms with Crippen molar-refractivity contribution in [2.75, 3.05) is 12.3 Å². The van der Waals surface area contributed by atoms with E-state index in [1.807, 2.05) is 25.1 Å². The van der Waals surface area contributed by atoms with Crippen molar-refractivity contribution in [1.82, 2.24) is 4.98 Å². The molecule has 0 aliphatic carbocycles. The molecule has 1 heterocycles. The topological polar surface area (TPSA) is 48.1 Å². The molecule has 0 unspecified atom stereocenters. The third-order valence-electron chi connectivity index (χ3n) is 2.59. The number of aryl methyl sites for hydroxylation is 1. The first-order valence-electron chi connectivity index (χ1n) is 5.56. The third-order valence-corrected chi connectivity index (χ3v) is 2.59. The molecule has 0 saturated carbocycles. The highest BCUT2D eigenvalue weighted by Gasteiger charge is 2.03. The number of fused-ring (bicyclic) bond motifs is 1. The van der Waals surface area contributed by atoms with Crippen molar-refractivity contribution >= 4 is 16.7 Å². The van der Waals surface area contributed by atoms with Crippen LogP contribution in [0.2, 0.25) is 0 Å².